The molecule has 0 aliphatic carbocycles. The Kier molecular flexibility index (Phi) is 10.3. The van der Waals surface area contributed by atoms with Crippen molar-refractivity contribution < 1.29 is 17.6 Å². The Hall–Kier alpha value is -0.620. The van der Waals surface area contributed by atoms with Gasteiger partial charge in [0.1, 0.15) is 5.82 Å². The molecule has 0 bridgehead atoms. The smallest absolute Gasteiger partial charge is 0.356 e. The van der Waals surface area contributed by atoms with Crippen molar-refractivity contribution >= 4 is 45.9 Å². The van der Waals surface area contributed by atoms with Gasteiger partial charge in [-0.15, -0.1) is 24.0 Å². The summed E-state index contributed by atoms with van der Waals surface area (Å²) in [7, 11) is 1.62. The number of halogens is 6. The first-order chi connectivity index (χ1) is 12.3. The number of hydrogen-bond donors (Lipinski definition) is 2. The van der Waals surface area contributed by atoms with Crippen LogP contribution in [0.3, 0.4) is 0 Å². The fraction of sp³-hybridized carbons (Fsp3) is 0.588. The second-order valence-corrected chi connectivity index (χ2v) is 7.23. The third-order valence-corrected chi connectivity index (χ3v) is 4.66. The first-order valence-corrected chi connectivity index (χ1v) is 9.26. The van der Waals surface area contributed by atoms with Crippen LogP contribution in [-0.2, 0) is 6.42 Å². The summed E-state index contributed by atoms with van der Waals surface area (Å²) in [5.74, 6) is 0.317. The van der Waals surface area contributed by atoms with Gasteiger partial charge >= 0.3 is 6.18 Å². The van der Waals surface area contributed by atoms with Gasteiger partial charge in [-0.2, -0.15) is 13.2 Å². The van der Waals surface area contributed by atoms with E-state index in [4.69, 9.17) is 0 Å². The van der Waals surface area contributed by atoms with Crippen molar-refractivity contribution in [1.29, 1.82) is 0 Å². The largest absolute Gasteiger partial charge is 0.401 e. The van der Waals surface area contributed by atoms with Crippen LogP contribution in [-0.4, -0.2) is 56.3 Å². The molecular weight excluding hydrogens is 543 g/mol. The van der Waals surface area contributed by atoms with Gasteiger partial charge in [0, 0.05) is 37.2 Å². The van der Waals surface area contributed by atoms with Gasteiger partial charge in [0.15, 0.2) is 5.96 Å². The molecule has 27 heavy (non-hydrogen) atoms. The van der Waals surface area contributed by atoms with Crippen LogP contribution in [0.1, 0.15) is 18.4 Å². The van der Waals surface area contributed by atoms with E-state index in [1.807, 2.05) is 0 Å². The SMILES string of the molecule is CN=C(NCCCc1ccc(Br)cc1F)NC1CCN(CC(F)(F)F)C1.I. The van der Waals surface area contributed by atoms with E-state index in [0.717, 1.165) is 0 Å². The number of rotatable bonds is 6. The predicted molar refractivity (Wildman–Crippen MR) is 113 cm³/mol. The number of nitrogens with zero attached hydrogens (tertiary/aromatic N) is 2. The molecule has 10 heteroatoms. The highest BCUT2D eigenvalue weighted by Crippen LogP contribution is 2.20. The predicted octanol–water partition coefficient (Wildman–Crippen LogP) is 3.94. The minimum Gasteiger partial charge on any atom is -0.356 e. The highest BCUT2D eigenvalue weighted by Gasteiger charge is 2.34. The molecule has 0 amide bonds. The molecule has 0 aromatic heterocycles. The average molecular weight is 567 g/mol. The van der Waals surface area contributed by atoms with Crippen LogP contribution in [0.4, 0.5) is 17.6 Å². The molecule has 1 aromatic carbocycles. The van der Waals surface area contributed by atoms with E-state index < -0.39 is 12.7 Å². The molecule has 154 valence electrons. The summed E-state index contributed by atoms with van der Waals surface area (Å²) in [5.41, 5.74) is 0.650. The highest BCUT2D eigenvalue weighted by atomic mass is 127. The molecule has 1 unspecified atom stereocenters. The summed E-state index contributed by atoms with van der Waals surface area (Å²) >= 11 is 3.23. The summed E-state index contributed by atoms with van der Waals surface area (Å²) in [5, 5.41) is 6.28. The lowest BCUT2D eigenvalue weighted by Gasteiger charge is -2.19. The van der Waals surface area contributed by atoms with E-state index >= 15 is 0 Å². The van der Waals surface area contributed by atoms with Crippen molar-refractivity contribution in [3.05, 3.63) is 34.1 Å². The Morgan fingerprint density at radius 2 is 2.11 bits per heavy atom. The number of likely N-dealkylation sites (tertiary alicyclic amines) is 1. The first-order valence-electron chi connectivity index (χ1n) is 8.47. The van der Waals surface area contributed by atoms with Crippen LogP contribution in [0.2, 0.25) is 0 Å². The Labute approximate surface area is 182 Å². The maximum absolute atomic E-state index is 13.8. The summed E-state index contributed by atoms with van der Waals surface area (Å²) < 4.78 is 51.8. The summed E-state index contributed by atoms with van der Waals surface area (Å²) in [6, 6.07) is 4.93. The van der Waals surface area contributed by atoms with Gasteiger partial charge in [0.05, 0.1) is 6.54 Å². The summed E-state index contributed by atoms with van der Waals surface area (Å²) in [4.78, 5) is 5.49. The van der Waals surface area contributed by atoms with Crippen molar-refractivity contribution in [3.63, 3.8) is 0 Å². The van der Waals surface area contributed by atoms with Gasteiger partial charge in [-0.3, -0.25) is 9.89 Å². The zero-order chi connectivity index (χ0) is 19.2. The third-order valence-electron chi connectivity index (χ3n) is 4.17. The molecular formula is C17H24BrF4IN4. The topological polar surface area (TPSA) is 39.7 Å². The highest BCUT2D eigenvalue weighted by molar-refractivity contribution is 14.0. The van der Waals surface area contributed by atoms with Gasteiger partial charge in [0.2, 0.25) is 0 Å². The zero-order valence-electron chi connectivity index (χ0n) is 15.0. The first kappa shape index (κ1) is 24.4. The van der Waals surface area contributed by atoms with Crippen molar-refractivity contribution in [2.24, 2.45) is 4.99 Å². The van der Waals surface area contributed by atoms with E-state index in [1.54, 1.807) is 19.2 Å². The lowest BCUT2D eigenvalue weighted by atomic mass is 10.1. The molecule has 1 aromatic rings. The number of guanidine groups is 1. The fourth-order valence-electron chi connectivity index (χ4n) is 2.95. The second kappa shape index (κ2) is 11.4. The maximum atomic E-state index is 13.8. The van der Waals surface area contributed by atoms with Crippen LogP contribution in [0.15, 0.2) is 27.7 Å². The van der Waals surface area contributed by atoms with Gasteiger partial charge in [0.25, 0.3) is 0 Å². The monoisotopic (exact) mass is 566 g/mol. The number of benzene rings is 1. The number of nitrogens with one attached hydrogen (secondary N) is 2. The minimum absolute atomic E-state index is 0. The van der Waals surface area contributed by atoms with E-state index in [-0.39, 0.29) is 35.8 Å². The fourth-order valence-corrected chi connectivity index (χ4v) is 3.28. The number of aliphatic imine (C=N–C) groups is 1. The van der Waals surface area contributed by atoms with E-state index in [2.05, 4.69) is 31.6 Å². The molecule has 1 fully saturated rings. The van der Waals surface area contributed by atoms with E-state index in [9.17, 15) is 17.6 Å². The number of hydrogen-bond acceptors (Lipinski definition) is 2. The molecule has 1 aliphatic rings. The Balaban J connectivity index is 0.00000364. The third kappa shape index (κ3) is 8.95. The van der Waals surface area contributed by atoms with Crippen molar-refractivity contribution in [3.8, 4) is 0 Å². The molecule has 4 nitrogen and oxygen atoms in total. The normalized spacial score (nSPS) is 18.3. The maximum Gasteiger partial charge on any atom is 0.401 e. The molecule has 1 saturated heterocycles. The lowest BCUT2D eigenvalue weighted by molar-refractivity contribution is -0.143. The molecule has 1 aliphatic heterocycles. The second-order valence-electron chi connectivity index (χ2n) is 6.32. The minimum atomic E-state index is -4.17. The number of alkyl halides is 3. The Morgan fingerprint density at radius 3 is 2.74 bits per heavy atom. The van der Waals surface area contributed by atoms with Crippen molar-refractivity contribution in [2.75, 3.05) is 33.2 Å². The van der Waals surface area contributed by atoms with Gasteiger partial charge in [-0.05, 0) is 37.0 Å². The van der Waals surface area contributed by atoms with E-state index in [1.165, 1.54) is 11.0 Å². The standard InChI is InChI=1S/C17H23BrF4N4.HI/c1-23-16(25-14-6-8-26(10-14)11-17(20,21)22)24-7-2-3-12-4-5-13(18)9-15(12)19;/h4-5,9,14H,2-3,6-8,10-11H2,1H3,(H2,23,24,25);1H. The molecule has 1 heterocycles. The molecule has 0 spiro atoms. The summed E-state index contributed by atoms with van der Waals surface area (Å²) in [6.45, 7) is 0.464. The van der Waals surface area contributed by atoms with Crippen LogP contribution >= 0.6 is 39.9 Å². The zero-order valence-corrected chi connectivity index (χ0v) is 18.9. The molecule has 2 N–H and O–H groups in total. The average Bonchev–Trinajstić information content (AvgIpc) is 2.97. The van der Waals surface area contributed by atoms with Gasteiger partial charge in [-0.1, -0.05) is 22.0 Å². The van der Waals surface area contributed by atoms with Crippen LogP contribution in [0.25, 0.3) is 0 Å². The molecule has 0 radical (unpaired) electrons. The molecule has 1 atom stereocenters. The van der Waals surface area contributed by atoms with E-state index in [0.29, 0.717) is 54.9 Å². The summed E-state index contributed by atoms with van der Waals surface area (Å²) in [6.07, 6.45) is -2.23. The van der Waals surface area contributed by atoms with Gasteiger partial charge < -0.3 is 10.6 Å². The van der Waals surface area contributed by atoms with Crippen LogP contribution in [0.5, 0.6) is 0 Å². The Morgan fingerprint density at radius 1 is 1.37 bits per heavy atom. The van der Waals surface area contributed by atoms with Gasteiger partial charge in [-0.25, -0.2) is 4.39 Å². The number of aryl methyl sites for hydroxylation is 1. The molecule has 2 rings (SSSR count). The van der Waals surface area contributed by atoms with Crippen molar-refractivity contribution in [1.82, 2.24) is 15.5 Å². The van der Waals surface area contributed by atoms with Crippen LogP contribution < -0.4 is 10.6 Å². The quantitative estimate of drug-likeness (QED) is 0.180. The Bertz CT molecular complexity index is 627. The van der Waals surface area contributed by atoms with Crippen molar-refractivity contribution in [2.45, 2.75) is 31.5 Å². The molecule has 0 saturated carbocycles. The lowest BCUT2D eigenvalue weighted by Crippen LogP contribution is -2.45. The van der Waals surface area contributed by atoms with Crippen LogP contribution in [0, 0.1) is 5.82 Å².